The molecule has 2 N–H and O–H groups in total. The molecular weight excluding hydrogens is 366 g/mol. The van der Waals surface area contributed by atoms with Gasteiger partial charge in [-0.05, 0) is 26.0 Å². The van der Waals surface area contributed by atoms with Gasteiger partial charge >= 0.3 is 12.0 Å². The number of amides is 3. The number of ether oxygens (including phenoxy) is 1. The Hall–Kier alpha value is -2.45. The van der Waals surface area contributed by atoms with Gasteiger partial charge in [-0.2, -0.15) is 0 Å². The number of thiazole rings is 1. The zero-order valence-electron chi connectivity index (χ0n) is 13.5. The second-order valence-corrected chi connectivity index (χ2v) is 6.24. The van der Waals surface area contributed by atoms with E-state index < -0.39 is 24.0 Å². The van der Waals surface area contributed by atoms with Crippen LogP contribution in [0.2, 0.25) is 5.02 Å². The first-order chi connectivity index (χ1) is 11.9. The van der Waals surface area contributed by atoms with E-state index in [0.717, 1.165) is 5.56 Å². The Morgan fingerprint density at radius 1 is 1.28 bits per heavy atom. The molecule has 0 saturated carbocycles. The summed E-state index contributed by atoms with van der Waals surface area (Å²) >= 11 is 7.11. The highest BCUT2D eigenvalue weighted by Crippen LogP contribution is 2.25. The SMILES string of the molecule is CCNC(=O)NC(=O)C(C)OC(=O)c1csc(-c2ccc(Cl)cc2)n1. The van der Waals surface area contributed by atoms with E-state index in [-0.39, 0.29) is 5.69 Å². The largest absolute Gasteiger partial charge is 0.448 e. The minimum atomic E-state index is -1.13. The molecule has 0 aliphatic heterocycles. The monoisotopic (exact) mass is 381 g/mol. The van der Waals surface area contributed by atoms with Crippen LogP contribution in [0, 0.1) is 0 Å². The van der Waals surface area contributed by atoms with Gasteiger partial charge in [0.2, 0.25) is 0 Å². The molecule has 0 fully saturated rings. The summed E-state index contributed by atoms with van der Waals surface area (Å²) in [6, 6.07) is 6.39. The molecule has 1 aromatic carbocycles. The number of rotatable bonds is 5. The van der Waals surface area contributed by atoms with Crippen molar-refractivity contribution in [3.05, 3.63) is 40.4 Å². The summed E-state index contributed by atoms with van der Waals surface area (Å²) in [7, 11) is 0. The number of carbonyl (C=O) groups is 3. The molecule has 0 radical (unpaired) electrons. The molecule has 9 heteroatoms. The van der Waals surface area contributed by atoms with Gasteiger partial charge in [0.1, 0.15) is 5.01 Å². The highest BCUT2D eigenvalue weighted by molar-refractivity contribution is 7.13. The Morgan fingerprint density at radius 2 is 1.96 bits per heavy atom. The molecule has 1 heterocycles. The molecule has 25 heavy (non-hydrogen) atoms. The number of hydrogen-bond acceptors (Lipinski definition) is 6. The fraction of sp³-hybridized carbons (Fsp3) is 0.250. The molecule has 0 aliphatic rings. The number of benzene rings is 1. The van der Waals surface area contributed by atoms with Gasteiger partial charge in [0.15, 0.2) is 11.8 Å². The molecule has 0 bridgehead atoms. The zero-order chi connectivity index (χ0) is 18.4. The Morgan fingerprint density at radius 3 is 2.60 bits per heavy atom. The van der Waals surface area contributed by atoms with Gasteiger partial charge in [0, 0.05) is 22.5 Å². The normalized spacial score (nSPS) is 11.5. The fourth-order valence-electron chi connectivity index (χ4n) is 1.79. The molecule has 2 aromatic rings. The van der Waals surface area contributed by atoms with Crippen molar-refractivity contribution < 1.29 is 19.1 Å². The van der Waals surface area contributed by atoms with Gasteiger partial charge in [-0.25, -0.2) is 14.6 Å². The number of aromatic nitrogens is 1. The average Bonchev–Trinajstić information content (AvgIpc) is 3.05. The molecule has 1 atom stereocenters. The van der Waals surface area contributed by atoms with Gasteiger partial charge in [-0.1, -0.05) is 23.7 Å². The lowest BCUT2D eigenvalue weighted by Gasteiger charge is -2.12. The summed E-state index contributed by atoms with van der Waals surface area (Å²) in [4.78, 5) is 39.4. The van der Waals surface area contributed by atoms with E-state index >= 15 is 0 Å². The maximum absolute atomic E-state index is 12.1. The predicted molar refractivity (Wildman–Crippen MR) is 94.7 cm³/mol. The summed E-state index contributed by atoms with van der Waals surface area (Å²) in [6.07, 6.45) is -1.13. The van der Waals surface area contributed by atoms with Crippen LogP contribution in [0.3, 0.4) is 0 Å². The molecule has 2 rings (SSSR count). The number of nitrogens with zero attached hydrogens (tertiary/aromatic N) is 1. The first-order valence-corrected chi connectivity index (χ1v) is 8.67. The molecule has 1 aromatic heterocycles. The minimum absolute atomic E-state index is 0.0904. The van der Waals surface area contributed by atoms with Crippen LogP contribution < -0.4 is 10.6 Å². The van der Waals surface area contributed by atoms with Crippen LogP contribution in [-0.4, -0.2) is 35.5 Å². The molecule has 0 aliphatic carbocycles. The van der Waals surface area contributed by atoms with E-state index in [2.05, 4.69) is 15.6 Å². The van der Waals surface area contributed by atoms with Gasteiger partial charge in [-0.15, -0.1) is 11.3 Å². The molecule has 3 amide bonds. The van der Waals surface area contributed by atoms with E-state index in [0.29, 0.717) is 16.6 Å². The molecule has 132 valence electrons. The smallest absolute Gasteiger partial charge is 0.358 e. The standard InChI is InChI=1S/C16H16ClN3O4S/c1-3-18-16(23)20-13(21)9(2)24-15(22)12-8-25-14(19-12)10-4-6-11(17)7-5-10/h4-9H,3H2,1-2H3,(H2,18,20,21,23). The Bertz CT molecular complexity index is 776. The van der Waals surface area contributed by atoms with Crippen LogP contribution >= 0.6 is 22.9 Å². The average molecular weight is 382 g/mol. The third kappa shape index (κ3) is 5.27. The van der Waals surface area contributed by atoms with Gasteiger partial charge in [0.05, 0.1) is 0 Å². The maximum Gasteiger partial charge on any atom is 0.358 e. The van der Waals surface area contributed by atoms with Crippen molar-refractivity contribution in [1.82, 2.24) is 15.6 Å². The van der Waals surface area contributed by atoms with Crippen molar-refractivity contribution in [3.63, 3.8) is 0 Å². The minimum Gasteiger partial charge on any atom is -0.448 e. The third-order valence-corrected chi connectivity index (χ3v) is 4.17. The summed E-state index contributed by atoms with van der Waals surface area (Å²) in [5.74, 6) is -1.46. The lowest BCUT2D eigenvalue weighted by molar-refractivity contribution is -0.127. The van der Waals surface area contributed by atoms with E-state index in [1.165, 1.54) is 18.3 Å². The molecular formula is C16H16ClN3O4S. The molecule has 7 nitrogen and oxygen atoms in total. The Balaban J connectivity index is 1.98. The van der Waals surface area contributed by atoms with Crippen LogP contribution in [0.5, 0.6) is 0 Å². The summed E-state index contributed by atoms with van der Waals surface area (Å²) in [5, 5.41) is 7.26. The van der Waals surface area contributed by atoms with Crippen molar-refractivity contribution in [2.24, 2.45) is 0 Å². The lowest BCUT2D eigenvalue weighted by atomic mass is 10.2. The maximum atomic E-state index is 12.1. The van der Waals surface area contributed by atoms with E-state index in [1.54, 1.807) is 36.6 Å². The molecule has 1 unspecified atom stereocenters. The number of urea groups is 1. The van der Waals surface area contributed by atoms with E-state index in [4.69, 9.17) is 16.3 Å². The number of carbonyl (C=O) groups excluding carboxylic acids is 3. The highest BCUT2D eigenvalue weighted by atomic mass is 35.5. The quantitative estimate of drug-likeness (QED) is 0.776. The second kappa shape index (κ2) is 8.59. The van der Waals surface area contributed by atoms with Crippen molar-refractivity contribution in [2.75, 3.05) is 6.54 Å². The van der Waals surface area contributed by atoms with Crippen LogP contribution in [0.15, 0.2) is 29.6 Å². The molecule has 0 saturated heterocycles. The van der Waals surface area contributed by atoms with Gasteiger partial charge < -0.3 is 10.1 Å². The number of hydrogen-bond donors (Lipinski definition) is 2. The summed E-state index contributed by atoms with van der Waals surface area (Å²) < 4.78 is 5.04. The highest BCUT2D eigenvalue weighted by Gasteiger charge is 2.22. The lowest BCUT2D eigenvalue weighted by Crippen LogP contribution is -2.44. The second-order valence-electron chi connectivity index (χ2n) is 4.94. The van der Waals surface area contributed by atoms with Crippen molar-refractivity contribution >= 4 is 40.8 Å². The van der Waals surface area contributed by atoms with E-state index in [1.807, 2.05) is 0 Å². The van der Waals surface area contributed by atoms with Crippen LogP contribution in [0.25, 0.3) is 10.6 Å². The predicted octanol–water partition coefficient (Wildman–Crippen LogP) is 2.85. The number of esters is 1. The first kappa shape index (κ1) is 18.9. The van der Waals surface area contributed by atoms with Gasteiger partial charge in [0.25, 0.3) is 5.91 Å². The van der Waals surface area contributed by atoms with Gasteiger partial charge in [-0.3, -0.25) is 10.1 Å². The van der Waals surface area contributed by atoms with Crippen molar-refractivity contribution in [1.29, 1.82) is 0 Å². The fourth-order valence-corrected chi connectivity index (χ4v) is 2.71. The number of nitrogens with one attached hydrogen (secondary N) is 2. The summed E-state index contributed by atoms with van der Waals surface area (Å²) in [6.45, 7) is 3.46. The van der Waals surface area contributed by atoms with Crippen LogP contribution in [0.1, 0.15) is 24.3 Å². The van der Waals surface area contributed by atoms with Crippen molar-refractivity contribution in [3.8, 4) is 10.6 Å². The number of imide groups is 1. The van der Waals surface area contributed by atoms with E-state index in [9.17, 15) is 14.4 Å². The Kier molecular flexibility index (Phi) is 6.49. The van der Waals surface area contributed by atoms with Crippen LogP contribution in [-0.2, 0) is 9.53 Å². The number of halogens is 1. The topological polar surface area (TPSA) is 97.4 Å². The Labute approximate surface area is 153 Å². The van der Waals surface area contributed by atoms with Crippen LogP contribution in [0.4, 0.5) is 4.79 Å². The first-order valence-electron chi connectivity index (χ1n) is 7.41. The third-order valence-electron chi connectivity index (χ3n) is 3.03. The summed E-state index contributed by atoms with van der Waals surface area (Å²) in [5.41, 5.74) is 0.906. The molecule has 0 spiro atoms. The zero-order valence-corrected chi connectivity index (χ0v) is 15.1. The van der Waals surface area contributed by atoms with Crippen molar-refractivity contribution in [2.45, 2.75) is 20.0 Å².